The lowest BCUT2D eigenvalue weighted by Crippen LogP contribution is -2.47. The lowest BCUT2D eigenvalue weighted by Gasteiger charge is -2.34. The molecule has 3 N–H and O–H groups in total. The number of benzene rings is 2. The van der Waals surface area contributed by atoms with E-state index in [2.05, 4.69) is 55.7 Å². The van der Waals surface area contributed by atoms with Gasteiger partial charge in [0.15, 0.2) is 0 Å². The standard InChI is InChI=1S/C28H39N5O3/c1-22(34)29-10-12-31-13-15-32(16-14-31)19-23-5-4-8-25(17-23)28(36)30-18-27(35)21-33-11-9-24-6-2-3-7-26(24)20-33/h2-8,17,27,35H,9-16,18-21H2,1H3,(H,29,34)(H,30,36). The molecule has 1 unspecified atom stereocenters. The van der Waals surface area contributed by atoms with Crippen molar-refractivity contribution in [3.8, 4) is 0 Å². The van der Waals surface area contributed by atoms with Crippen LogP contribution in [0.1, 0.15) is 34.0 Å². The highest BCUT2D eigenvalue weighted by Crippen LogP contribution is 2.18. The third kappa shape index (κ3) is 7.86. The first-order valence-electron chi connectivity index (χ1n) is 13.0. The van der Waals surface area contributed by atoms with Crippen molar-refractivity contribution in [2.24, 2.45) is 0 Å². The van der Waals surface area contributed by atoms with Crippen LogP contribution in [-0.2, 0) is 24.3 Å². The fourth-order valence-corrected chi connectivity index (χ4v) is 5.02. The van der Waals surface area contributed by atoms with Crippen LogP contribution in [0.2, 0.25) is 0 Å². The maximum atomic E-state index is 12.8. The first kappa shape index (κ1) is 26.3. The summed E-state index contributed by atoms with van der Waals surface area (Å²) in [5, 5.41) is 16.3. The lowest BCUT2D eigenvalue weighted by molar-refractivity contribution is -0.119. The molecule has 2 aliphatic rings. The summed E-state index contributed by atoms with van der Waals surface area (Å²) < 4.78 is 0. The molecule has 1 atom stereocenters. The molecule has 2 aliphatic heterocycles. The van der Waals surface area contributed by atoms with E-state index >= 15 is 0 Å². The molecule has 36 heavy (non-hydrogen) atoms. The Morgan fingerprint density at radius 2 is 1.67 bits per heavy atom. The zero-order valence-electron chi connectivity index (χ0n) is 21.3. The minimum atomic E-state index is -0.607. The molecule has 8 nitrogen and oxygen atoms in total. The molecular formula is C28H39N5O3. The number of amides is 2. The topological polar surface area (TPSA) is 88.2 Å². The Balaban J connectivity index is 1.18. The molecule has 1 saturated heterocycles. The summed E-state index contributed by atoms with van der Waals surface area (Å²) in [6.45, 7) is 10.3. The molecule has 0 bridgehead atoms. The molecule has 0 aromatic heterocycles. The summed E-state index contributed by atoms with van der Waals surface area (Å²) in [6, 6.07) is 16.2. The quantitative estimate of drug-likeness (QED) is 0.459. The first-order valence-corrected chi connectivity index (χ1v) is 13.0. The summed E-state index contributed by atoms with van der Waals surface area (Å²) >= 11 is 0. The Hall–Kier alpha value is -2.78. The fraction of sp³-hybridized carbons (Fsp3) is 0.500. The number of rotatable bonds is 10. The van der Waals surface area contributed by atoms with E-state index in [1.807, 2.05) is 18.2 Å². The number of fused-ring (bicyclic) bond motifs is 1. The molecule has 4 rings (SSSR count). The largest absolute Gasteiger partial charge is 0.390 e. The van der Waals surface area contributed by atoms with Gasteiger partial charge in [-0.2, -0.15) is 0 Å². The Labute approximate surface area is 214 Å². The van der Waals surface area contributed by atoms with Gasteiger partial charge in [0.25, 0.3) is 5.91 Å². The number of aliphatic hydroxyl groups excluding tert-OH is 1. The van der Waals surface area contributed by atoms with Crippen molar-refractivity contribution in [3.05, 3.63) is 70.8 Å². The van der Waals surface area contributed by atoms with Crippen molar-refractivity contribution >= 4 is 11.8 Å². The second-order valence-corrected chi connectivity index (χ2v) is 9.92. The Morgan fingerprint density at radius 3 is 2.44 bits per heavy atom. The van der Waals surface area contributed by atoms with Crippen molar-refractivity contribution in [2.45, 2.75) is 32.5 Å². The van der Waals surface area contributed by atoms with Gasteiger partial charge in [0.1, 0.15) is 0 Å². The molecule has 0 spiro atoms. The van der Waals surface area contributed by atoms with Crippen LogP contribution in [0.25, 0.3) is 0 Å². The van der Waals surface area contributed by atoms with Gasteiger partial charge in [-0.05, 0) is 35.2 Å². The van der Waals surface area contributed by atoms with Crippen molar-refractivity contribution < 1.29 is 14.7 Å². The number of piperazine rings is 1. The SMILES string of the molecule is CC(=O)NCCN1CCN(Cc2cccc(C(=O)NCC(O)CN3CCc4ccccc4C3)c2)CC1. The van der Waals surface area contributed by atoms with Gasteiger partial charge in [0.2, 0.25) is 5.91 Å². The predicted molar refractivity (Wildman–Crippen MR) is 141 cm³/mol. The van der Waals surface area contributed by atoms with E-state index in [0.29, 0.717) is 18.7 Å². The second-order valence-electron chi connectivity index (χ2n) is 9.92. The second kappa shape index (κ2) is 13.0. The predicted octanol–water partition coefficient (Wildman–Crippen LogP) is 1.09. The average molecular weight is 494 g/mol. The van der Waals surface area contributed by atoms with Gasteiger partial charge in [-0.3, -0.25) is 24.3 Å². The van der Waals surface area contributed by atoms with Crippen LogP contribution in [0.4, 0.5) is 0 Å². The normalized spacial score (nSPS) is 17.8. The van der Waals surface area contributed by atoms with E-state index in [0.717, 1.165) is 64.3 Å². The minimum Gasteiger partial charge on any atom is -0.390 e. The maximum Gasteiger partial charge on any atom is 0.251 e. The molecule has 2 aromatic carbocycles. The Bertz CT molecular complexity index is 1020. The third-order valence-corrected chi connectivity index (χ3v) is 7.04. The highest BCUT2D eigenvalue weighted by molar-refractivity contribution is 5.94. The van der Waals surface area contributed by atoms with E-state index in [1.165, 1.54) is 11.1 Å². The van der Waals surface area contributed by atoms with Crippen LogP contribution in [0.3, 0.4) is 0 Å². The molecule has 0 aliphatic carbocycles. The number of carbonyl (C=O) groups is 2. The molecule has 8 heteroatoms. The van der Waals surface area contributed by atoms with Gasteiger partial charge in [-0.1, -0.05) is 36.4 Å². The van der Waals surface area contributed by atoms with E-state index in [1.54, 1.807) is 6.92 Å². The third-order valence-electron chi connectivity index (χ3n) is 7.04. The Morgan fingerprint density at radius 1 is 0.917 bits per heavy atom. The fourth-order valence-electron chi connectivity index (χ4n) is 5.02. The molecule has 0 radical (unpaired) electrons. The van der Waals surface area contributed by atoms with Crippen molar-refractivity contribution in [1.29, 1.82) is 0 Å². The molecule has 0 saturated carbocycles. The number of hydrogen-bond acceptors (Lipinski definition) is 6. The smallest absolute Gasteiger partial charge is 0.251 e. The van der Waals surface area contributed by atoms with Gasteiger partial charge in [-0.15, -0.1) is 0 Å². The molecule has 194 valence electrons. The number of β-amino-alcohol motifs (C(OH)–C–C–N with tert-alkyl or cyclic N) is 1. The van der Waals surface area contributed by atoms with Gasteiger partial charge in [0, 0.05) is 84.5 Å². The van der Waals surface area contributed by atoms with Crippen LogP contribution in [0, 0.1) is 0 Å². The highest BCUT2D eigenvalue weighted by atomic mass is 16.3. The summed E-state index contributed by atoms with van der Waals surface area (Å²) in [7, 11) is 0. The molecule has 2 heterocycles. The Kier molecular flexibility index (Phi) is 9.47. The lowest BCUT2D eigenvalue weighted by atomic mass is 10.00. The first-order chi connectivity index (χ1) is 17.5. The molecular weight excluding hydrogens is 454 g/mol. The minimum absolute atomic E-state index is 0.0141. The van der Waals surface area contributed by atoms with Gasteiger partial charge < -0.3 is 15.7 Å². The van der Waals surface area contributed by atoms with Gasteiger partial charge in [0.05, 0.1) is 6.10 Å². The molecule has 1 fully saturated rings. The zero-order chi connectivity index (χ0) is 25.3. The van der Waals surface area contributed by atoms with Crippen LogP contribution in [0.5, 0.6) is 0 Å². The molecule has 2 aromatic rings. The number of carbonyl (C=O) groups excluding carboxylic acids is 2. The van der Waals surface area contributed by atoms with Crippen LogP contribution in [0.15, 0.2) is 48.5 Å². The van der Waals surface area contributed by atoms with E-state index in [4.69, 9.17) is 0 Å². The number of nitrogens with one attached hydrogen (secondary N) is 2. The van der Waals surface area contributed by atoms with Crippen molar-refractivity contribution in [2.75, 3.05) is 58.9 Å². The van der Waals surface area contributed by atoms with Crippen LogP contribution in [-0.4, -0.2) is 96.6 Å². The summed E-state index contributed by atoms with van der Waals surface area (Å²) in [5.74, 6) is -0.136. The van der Waals surface area contributed by atoms with E-state index in [9.17, 15) is 14.7 Å². The zero-order valence-corrected chi connectivity index (χ0v) is 21.3. The van der Waals surface area contributed by atoms with Crippen molar-refractivity contribution in [1.82, 2.24) is 25.3 Å². The number of hydrogen-bond donors (Lipinski definition) is 3. The molecule has 2 amide bonds. The average Bonchev–Trinajstić information content (AvgIpc) is 2.88. The summed E-state index contributed by atoms with van der Waals surface area (Å²) in [4.78, 5) is 30.8. The number of nitrogens with zero attached hydrogens (tertiary/aromatic N) is 3. The van der Waals surface area contributed by atoms with Crippen LogP contribution < -0.4 is 10.6 Å². The number of aliphatic hydroxyl groups is 1. The highest BCUT2D eigenvalue weighted by Gasteiger charge is 2.20. The van der Waals surface area contributed by atoms with Gasteiger partial charge in [-0.25, -0.2) is 0 Å². The van der Waals surface area contributed by atoms with Crippen molar-refractivity contribution in [3.63, 3.8) is 0 Å². The van der Waals surface area contributed by atoms with E-state index in [-0.39, 0.29) is 18.4 Å². The van der Waals surface area contributed by atoms with Gasteiger partial charge >= 0.3 is 0 Å². The monoisotopic (exact) mass is 493 g/mol. The summed E-state index contributed by atoms with van der Waals surface area (Å²) in [5.41, 5.74) is 4.45. The van der Waals surface area contributed by atoms with Crippen LogP contribution >= 0.6 is 0 Å². The van der Waals surface area contributed by atoms with E-state index < -0.39 is 6.10 Å². The summed E-state index contributed by atoms with van der Waals surface area (Å²) in [6.07, 6.45) is 0.387. The maximum absolute atomic E-state index is 12.8.